The lowest BCUT2D eigenvalue weighted by molar-refractivity contribution is -0.114. The number of nitrogens with zero attached hydrogens (tertiary/aromatic N) is 2. The largest absolute Gasteiger partial charge is 0.484 e. The van der Waals surface area contributed by atoms with Gasteiger partial charge in [-0.2, -0.15) is 4.31 Å². The zero-order valence-corrected chi connectivity index (χ0v) is 19.0. The van der Waals surface area contributed by atoms with Crippen molar-refractivity contribution in [3.8, 4) is 5.75 Å². The van der Waals surface area contributed by atoms with Gasteiger partial charge in [0.2, 0.25) is 15.9 Å². The third-order valence-corrected chi connectivity index (χ3v) is 7.72. The molecule has 0 aliphatic carbocycles. The minimum atomic E-state index is -3.67. The molecule has 0 bridgehead atoms. The molecule has 8 heteroatoms. The molecule has 2 aromatic carbocycles. The quantitative estimate of drug-likeness (QED) is 0.789. The van der Waals surface area contributed by atoms with Gasteiger partial charge in [0.15, 0.2) is 0 Å². The van der Waals surface area contributed by atoms with Crippen molar-refractivity contribution in [3.05, 3.63) is 53.6 Å². The molecule has 166 valence electrons. The van der Waals surface area contributed by atoms with Crippen LogP contribution in [0.1, 0.15) is 30.9 Å². The van der Waals surface area contributed by atoms with Crippen LogP contribution < -0.4 is 10.1 Å². The number of hydrogen-bond donors (Lipinski definition) is 1. The summed E-state index contributed by atoms with van der Waals surface area (Å²) in [5.41, 5.74) is 2.30. The molecule has 1 N–H and O–H groups in total. The normalized spacial score (nSPS) is 22.4. The maximum Gasteiger partial charge on any atom is 0.243 e. The van der Waals surface area contributed by atoms with E-state index in [4.69, 9.17) is 4.74 Å². The van der Waals surface area contributed by atoms with Crippen molar-refractivity contribution in [2.45, 2.75) is 43.7 Å². The predicted octanol–water partition coefficient (Wildman–Crippen LogP) is 3.00. The standard InChI is InChI=1S/C23H29N3O4S/c1-17-5-10-22-19(13-17)14-25(3)15-23(30-22)11-4-12-26(16-23)31(28,29)21-8-6-20(7-9-21)24-18(2)27/h5-10,13H,4,11-12,14-16H2,1-3H3,(H,24,27)/t23-/m0/s1. The Balaban J connectivity index is 1.60. The van der Waals surface area contributed by atoms with E-state index in [-0.39, 0.29) is 10.8 Å². The number of rotatable bonds is 3. The number of sulfonamides is 1. The molecule has 2 aliphatic rings. The molecular formula is C23H29N3O4S. The second-order valence-electron chi connectivity index (χ2n) is 8.72. The van der Waals surface area contributed by atoms with Crippen molar-refractivity contribution in [1.29, 1.82) is 0 Å². The zero-order chi connectivity index (χ0) is 22.2. The Morgan fingerprint density at radius 1 is 1.13 bits per heavy atom. The van der Waals surface area contributed by atoms with Crippen molar-refractivity contribution >= 4 is 21.6 Å². The number of carbonyl (C=O) groups excluding carboxylic acids is 1. The molecule has 0 radical (unpaired) electrons. The summed E-state index contributed by atoms with van der Waals surface area (Å²) in [5, 5.41) is 2.66. The van der Waals surface area contributed by atoms with Crippen LogP contribution in [0.4, 0.5) is 5.69 Å². The van der Waals surface area contributed by atoms with E-state index < -0.39 is 15.6 Å². The summed E-state index contributed by atoms with van der Waals surface area (Å²) in [5.74, 6) is 0.646. The van der Waals surface area contributed by atoms with E-state index in [9.17, 15) is 13.2 Å². The van der Waals surface area contributed by atoms with Crippen LogP contribution in [0.2, 0.25) is 0 Å². The van der Waals surface area contributed by atoms with Crippen molar-refractivity contribution < 1.29 is 17.9 Å². The molecular weight excluding hydrogens is 414 g/mol. The van der Waals surface area contributed by atoms with Crippen LogP contribution >= 0.6 is 0 Å². The first-order valence-electron chi connectivity index (χ1n) is 10.5. The second kappa shape index (κ2) is 8.26. The smallest absolute Gasteiger partial charge is 0.243 e. The number of nitrogens with one attached hydrogen (secondary N) is 1. The van der Waals surface area contributed by atoms with Gasteiger partial charge in [0, 0.05) is 37.8 Å². The molecule has 7 nitrogen and oxygen atoms in total. The summed E-state index contributed by atoms with van der Waals surface area (Å²) in [6.07, 6.45) is 1.54. The molecule has 1 spiro atoms. The van der Waals surface area contributed by atoms with Crippen LogP contribution in [0.3, 0.4) is 0 Å². The van der Waals surface area contributed by atoms with Gasteiger partial charge in [-0.15, -0.1) is 0 Å². The first kappa shape index (κ1) is 21.8. The van der Waals surface area contributed by atoms with E-state index in [2.05, 4.69) is 30.3 Å². The minimum Gasteiger partial charge on any atom is -0.484 e. The number of amides is 1. The number of piperidine rings is 1. The van der Waals surface area contributed by atoms with Crippen LogP contribution in [0.15, 0.2) is 47.4 Å². The summed E-state index contributed by atoms with van der Waals surface area (Å²) in [7, 11) is -1.62. The highest BCUT2D eigenvalue weighted by atomic mass is 32.2. The molecule has 1 amide bonds. The highest BCUT2D eigenvalue weighted by molar-refractivity contribution is 7.89. The molecule has 0 saturated carbocycles. The molecule has 2 heterocycles. The summed E-state index contributed by atoms with van der Waals surface area (Å²) in [6, 6.07) is 12.5. The Labute approximate surface area is 184 Å². The third-order valence-electron chi connectivity index (χ3n) is 5.86. The van der Waals surface area contributed by atoms with E-state index in [1.54, 1.807) is 24.3 Å². The van der Waals surface area contributed by atoms with Crippen LogP contribution in [0.5, 0.6) is 5.75 Å². The summed E-state index contributed by atoms with van der Waals surface area (Å²) < 4.78 is 34.8. The van der Waals surface area contributed by atoms with Gasteiger partial charge >= 0.3 is 0 Å². The van der Waals surface area contributed by atoms with Gasteiger partial charge in [0.1, 0.15) is 11.4 Å². The topological polar surface area (TPSA) is 79.0 Å². The SMILES string of the molecule is CC(=O)Nc1ccc(S(=O)(=O)N2CCC[C@]3(CN(C)Cc4cc(C)ccc4O3)C2)cc1. The van der Waals surface area contributed by atoms with E-state index >= 15 is 0 Å². The van der Waals surface area contributed by atoms with Crippen LogP contribution in [-0.4, -0.2) is 55.8 Å². The molecule has 1 fully saturated rings. The van der Waals surface area contributed by atoms with Gasteiger partial charge in [-0.1, -0.05) is 17.7 Å². The molecule has 2 aliphatic heterocycles. The molecule has 0 aromatic heterocycles. The number of aryl methyl sites for hydroxylation is 1. The number of anilines is 1. The Morgan fingerprint density at radius 3 is 2.58 bits per heavy atom. The Morgan fingerprint density at radius 2 is 1.87 bits per heavy atom. The van der Waals surface area contributed by atoms with Crippen LogP contribution in [0.25, 0.3) is 0 Å². The van der Waals surface area contributed by atoms with Crippen LogP contribution in [-0.2, 0) is 21.4 Å². The lowest BCUT2D eigenvalue weighted by Gasteiger charge is -2.42. The van der Waals surface area contributed by atoms with Gasteiger partial charge < -0.3 is 10.1 Å². The molecule has 1 atom stereocenters. The molecule has 2 aromatic rings. The Bertz CT molecular complexity index is 1080. The van der Waals surface area contributed by atoms with E-state index in [1.165, 1.54) is 16.8 Å². The summed E-state index contributed by atoms with van der Waals surface area (Å²) in [6.45, 7) is 5.68. The maximum atomic E-state index is 13.4. The lowest BCUT2D eigenvalue weighted by atomic mass is 9.93. The summed E-state index contributed by atoms with van der Waals surface area (Å²) in [4.78, 5) is 13.7. The van der Waals surface area contributed by atoms with Crippen molar-refractivity contribution in [2.75, 3.05) is 32.0 Å². The highest BCUT2D eigenvalue weighted by Crippen LogP contribution is 2.36. The summed E-state index contributed by atoms with van der Waals surface area (Å²) >= 11 is 0. The predicted molar refractivity (Wildman–Crippen MR) is 120 cm³/mol. The number of carbonyl (C=O) groups is 1. The number of benzene rings is 2. The number of likely N-dealkylation sites (N-methyl/N-ethyl adjacent to an activating group) is 1. The second-order valence-corrected chi connectivity index (χ2v) is 10.7. The average molecular weight is 444 g/mol. The van der Waals surface area contributed by atoms with Gasteiger partial charge in [0.25, 0.3) is 0 Å². The molecule has 0 unspecified atom stereocenters. The Hall–Kier alpha value is -2.42. The number of fused-ring (bicyclic) bond motifs is 1. The molecule has 31 heavy (non-hydrogen) atoms. The fourth-order valence-electron chi connectivity index (χ4n) is 4.57. The minimum absolute atomic E-state index is 0.196. The number of ether oxygens (including phenoxy) is 1. The molecule has 4 rings (SSSR count). The van der Waals surface area contributed by atoms with E-state index in [0.29, 0.717) is 25.3 Å². The van der Waals surface area contributed by atoms with Gasteiger partial charge in [-0.05, 0) is 57.1 Å². The first-order chi connectivity index (χ1) is 14.7. The zero-order valence-electron chi connectivity index (χ0n) is 18.2. The van der Waals surface area contributed by atoms with E-state index in [0.717, 1.165) is 30.7 Å². The van der Waals surface area contributed by atoms with Crippen LogP contribution in [0, 0.1) is 6.92 Å². The molecule has 1 saturated heterocycles. The maximum absolute atomic E-state index is 13.4. The monoisotopic (exact) mass is 443 g/mol. The third kappa shape index (κ3) is 4.61. The van der Waals surface area contributed by atoms with Crippen molar-refractivity contribution in [3.63, 3.8) is 0 Å². The fourth-order valence-corrected chi connectivity index (χ4v) is 6.13. The Kier molecular flexibility index (Phi) is 5.81. The average Bonchev–Trinajstić information content (AvgIpc) is 2.82. The highest BCUT2D eigenvalue weighted by Gasteiger charge is 2.44. The van der Waals surface area contributed by atoms with Gasteiger partial charge in [-0.3, -0.25) is 9.69 Å². The fraction of sp³-hybridized carbons (Fsp3) is 0.435. The van der Waals surface area contributed by atoms with Gasteiger partial charge in [-0.25, -0.2) is 8.42 Å². The van der Waals surface area contributed by atoms with Gasteiger partial charge in [0.05, 0.1) is 11.4 Å². The first-order valence-corrected chi connectivity index (χ1v) is 12.0. The van der Waals surface area contributed by atoms with Crippen molar-refractivity contribution in [1.82, 2.24) is 9.21 Å². The lowest BCUT2D eigenvalue weighted by Crippen LogP contribution is -2.57. The number of hydrogen-bond acceptors (Lipinski definition) is 5. The van der Waals surface area contributed by atoms with Crippen molar-refractivity contribution in [2.24, 2.45) is 0 Å². The van der Waals surface area contributed by atoms with E-state index in [1.807, 2.05) is 12.1 Å².